The summed E-state index contributed by atoms with van der Waals surface area (Å²) in [7, 11) is 0. The van der Waals surface area contributed by atoms with E-state index in [0.717, 1.165) is 5.69 Å². The van der Waals surface area contributed by atoms with E-state index in [1.807, 2.05) is 12.1 Å². The zero-order valence-corrected chi connectivity index (χ0v) is 16.4. The maximum absolute atomic E-state index is 13.0. The molecule has 1 aliphatic heterocycles. The lowest BCUT2D eigenvalue weighted by molar-refractivity contribution is -0.130. The smallest absolute Gasteiger partial charge is 0.319 e. The van der Waals surface area contributed by atoms with Crippen LogP contribution in [0.1, 0.15) is 25.0 Å². The Balaban J connectivity index is 1.44. The van der Waals surface area contributed by atoms with Gasteiger partial charge in [0.15, 0.2) is 0 Å². The molecule has 2 heterocycles. The minimum absolute atomic E-state index is 0.164. The molecule has 30 heavy (non-hydrogen) atoms. The monoisotopic (exact) mass is 416 g/mol. The molecule has 3 atom stereocenters. The van der Waals surface area contributed by atoms with E-state index in [1.165, 1.54) is 24.3 Å². The van der Waals surface area contributed by atoms with Crippen molar-refractivity contribution in [1.82, 2.24) is 15.6 Å². The van der Waals surface area contributed by atoms with Crippen molar-refractivity contribution < 1.29 is 23.8 Å². The Kier molecular flexibility index (Phi) is 7.69. The van der Waals surface area contributed by atoms with Crippen LogP contribution in [-0.2, 0) is 16.1 Å². The van der Waals surface area contributed by atoms with E-state index >= 15 is 0 Å². The Labute approximate surface area is 173 Å². The zero-order valence-electron chi connectivity index (χ0n) is 16.4. The molecule has 0 unspecified atom stereocenters. The predicted molar refractivity (Wildman–Crippen MR) is 108 cm³/mol. The average molecular weight is 416 g/mol. The molecule has 3 rings (SSSR count). The number of nitrogens with one attached hydrogen (secondary N) is 3. The van der Waals surface area contributed by atoms with Crippen molar-refractivity contribution in [3.05, 3.63) is 60.2 Å². The highest BCUT2D eigenvalue weighted by Gasteiger charge is 2.32. The fraction of sp³-hybridized carbons (Fsp3) is 0.381. The number of aliphatic hydroxyl groups excluding tert-OH is 1. The highest BCUT2D eigenvalue weighted by molar-refractivity contribution is 5.89. The predicted octanol–water partition coefficient (Wildman–Crippen LogP) is 1.96. The SMILES string of the molecule is O=C(C[C@@H]1CC[C@@H](NC(=O)Nc2ccc(F)cc2)[C@H](CO)O1)NCc1ccccn1. The average Bonchev–Trinajstić information content (AvgIpc) is 2.75. The number of hydrogen-bond donors (Lipinski definition) is 4. The molecule has 1 aromatic carbocycles. The second-order valence-electron chi connectivity index (χ2n) is 7.07. The fourth-order valence-corrected chi connectivity index (χ4v) is 3.29. The minimum Gasteiger partial charge on any atom is -0.394 e. The van der Waals surface area contributed by atoms with Gasteiger partial charge in [0, 0.05) is 11.9 Å². The molecule has 8 nitrogen and oxygen atoms in total. The van der Waals surface area contributed by atoms with Crippen LogP contribution in [0.25, 0.3) is 0 Å². The third kappa shape index (κ3) is 6.50. The quantitative estimate of drug-likeness (QED) is 0.551. The number of pyridine rings is 1. The first-order chi connectivity index (χ1) is 14.5. The first-order valence-electron chi connectivity index (χ1n) is 9.79. The maximum Gasteiger partial charge on any atom is 0.319 e. The standard InChI is InChI=1S/C21H25FN4O4/c22-14-4-6-15(7-5-14)25-21(29)26-18-9-8-17(30-19(18)13-27)11-20(28)24-12-16-3-1-2-10-23-16/h1-7,10,17-19,27H,8-9,11-13H2,(H,24,28)(H2,25,26,29)/t17-,18+,19-/m0/s1. The number of amides is 3. The van der Waals surface area contributed by atoms with Gasteiger partial charge >= 0.3 is 6.03 Å². The second-order valence-corrected chi connectivity index (χ2v) is 7.07. The Morgan fingerprint density at radius 1 is 1.17 bits per heavy atom. The van der Waals surface area contributed by atoms with Crippen LogP contribution in [-0.4, -0.2) is 46.9 Å². The number of ether oxygens (including phenoxy) is 1. The third-order valence-corrected chi connectivity index (χ3v) is 4.82. The summed E-state index contributed by atoms with van der Waals surface area (Å²) in [4.78, 5) is 28.5. The molecule has 1 aliphatic rings. The van der Waals surface area contributed by atoms with Gasteiger partial charge in [-0.1, -0.05) is 6.07 Å². The van der Waals surface area contributed by atoms with Crippen LogP contribution in [0.5, 0.6) is 0 Å². The number of carbonyl (C=O) groups is 2. The van der Waals surface area contributed by atoms with Crippen molar-refractivity contribution in [1.29, 1.82) is 0 Å². The minimum atomic E-state index is -0.619. The molecule has 3 amide bonds. The largest absolute Gasteiger partial charge is 0.394 e. The van der Waals surface area contributed by atoms with Crippen molar-refractivity contribution in [3.63, 3.8) is 0 Å². The number of carbonyl (C=O) groups excluding carboxylic acids is 2. The van der Waals surface area contributed by atoms with Gasteiger partial charge in [-0.3, -0.25) is 9.78 Å². The van der Waals surface area contributed by atoms with E-state index < -0.39 is 24.0 Å². The highest BCUT2D eigenvalue weighted by Crippen LogP contribution is 2.22. The van der Waals surface area contributed by atoms with Gasteiger partial charge in [0.05, 0.1) is 37.4 Å². The van der Waals surface area contributed by atoms with Crippen LogP contribution in [0.2, 0.25) is 0 Å². The number of nitrogens with zero attached hydrogens (tertiary/aromatic N) is 1. The summed E-state index contributed by atoms with van der Waals surface area (Å²) in [6.45, 7) is 0.0527. The van der Waals surface area contributed by atoms with E-state index in [2.05, 4.69) is 20.9 Å². The molecule has 0 bridgehead atoms. The van der Waals surface area contributed by atoms with Crippen molar-refractivity contribution in [3.8, 4) is 0 Å². The van der Waals surface area contributed by atoms with Gasteiger partial charge in [-0.05, 0) is 49.2 Å². The van der Waals surface area contributed by atoms with Crippen LogP contribution in [0, 0.1) is 5.82 Å². The normalized spacial score (nSPS) is 20.9. The van der Waals surface area contributed by atoms with Gasteiger partial charge in [0.1, 0.15) is 11.9 Å². The van der Waals surface area contributed by atoms with E-state index in [1.54, 1.807) is 12.3 Å². The van der Waals surface area contributed by atoms with Crippen molar-refractivity contribution >= 4 is 17.6 Å². The lowest BCUT2D eigenvalue weighted by Gasteiger charge is -2.35. The lowest BCUT2D eigenvalue weighted by atomic mass is 9.97. The van der Waals surface area contributed by atoms with Gasteiger partial charge in [0.25, 0.3) is 0 Å². The van der Waals surface area contributed by atoms with Gasteiger partial charge in [-0.2, -0.15) is 0 Å². The first kappa shape index (κ1) is 21.7. The number of urea groups is 1. The van der Waals surface area contributed by atoms with Crippen LogP contribution in [0.15, 0.2) is 48.7 Å². The van der Waals surface area contributed by atoms with Gasteiger partial charge in [-0.15, -0.1) is 0 Å². The van der Waals surface area contributed by atoms with E-state index in [0.29, 0.717) is 25.1 Å². The van der Waals surface area contributed by atoms with Crippen LogP contribution in [0.4, 0.5) is 14.9 Å². The van der Waals surface area contributed by atoms with Crippen LogP contribution >= 0.6 is 0 Å². The molecule has 2 aromatic rings. The number of aromatic nitrogens is 1. The number of halogens is 1. The van der Waals surface area contributed by atoms with Crippen molar-refractivity contribution in [2.45, 2.75) is 44.1 Å². The number of rotatable bonds is 7. The fourth-order valence-electron chi connectivity index (χ4n) is 3.29. The topological polar surface area (TPSA) is 113 Å². The molecular weight excluding hydrogens is 391 g/mol. The Morgan fingerprint density at radius 3 is 2.67 bits per heavy atom. The number of anilines is 1. The Morgan fingerprint density at radius 2 is 1.97 bits per heavy atom. The number of aliphatic hydroxyl groups is 1. The summed E-state index contributed by atoms with van der Waals surface area (Å²) < 4.78 is 18.8. The van der Waals surface area contributed by atoms with Crippen molar-refractivity contribution in [2.24, 2.45) is 0 Å². The van der Waals surface area contributed by atoms with Gasteiger partial charge < -0.3 is 25.8 Å². The van der Waals surface area contributed by atoms with E-state index in [-0.39, 0.29) is 25.0 Å². The molecule has 1 fully saturated rings. The van der Waals surface area contributed by atoms with Crippen LogP contribution in [0.3, 0.4) is 0 Å². The molecule has 9 heteroatoms. The lowest BCUT2D eigenvalue weighted by Crippen LogP contribution is -2.52. The Hall–Kier alpha value is -3.04. The van der Waals surface area contributed by atoms with E-state index in [4.69, 9.17) is 4.74 Å². The summed E-state index contributed by atoms with van der Waals surface area (Å²) in [6.07, 6.45) is 1.99. The summed E-state index contributed by atoms with van der Waals surface area (Å²) in [5.41, 5.74) is 1.22. The molecule has 1 saturated heterocycles. The Bertz CT molecular complexity index is 835. The molecule has 0 spiro atoms. The third-order valence-electron chi connectivity index (χ3n) is 4.82. The van der Waals surface area contributed by atoms with Gasteiger partial charge in [-0.25, -0.2) is 9.18 Å². The van der Waals surface area contributed by atoms with Crippen molar-refractivity contribution in [2.75, 3.05) is 11.9 Å². The number of benzene rings is 1. The molecular formula is C21H25FN4O4. The van der Waals surface area contributed by atoms with Gasteiger partial charge in [0.2, 0.25) is 5.91 Å². The molecule has 0 aliphatic carbocycles. The summed E-state index contributed by atoms with van der Waals surface area (Å²) >= 11 is 0. The number of hydrogen-bond acceptors (Lipinski definition) is 5. The van der Waals surface area contributed by atoms with E-state index in [9.17, 15) is 19.1 Å². The maximum atomic E-state index is 13.0. The van der Waals surface area contributed by atoms with Crippen LogP contribution < -0.4 is 16.0 Å². The second kappa shape index (κ2) is 10.7. The first-order valence-corrected chi connectivity index (χ1v) is 9.79. The molecule has 0 saturated carbocycles. The molecule has 160 valence electrons. The highest BCUT2D eigenvalue weighted by atomic mass is 19.1. The molecule has 4 N–H and O–H groups in total. The summed E-state index contributed by atoms with van der Waals surface area (Å²) in [5, 5.41) is 17.8. The molecule has 0 radical (unpaired) electrons. The molecule has 1 aromatic heterocycles. The zero-order chi connectivity index (χ0) is 21.3. The summed E-state index contributed by atoms with van der Waals surface area (Å²) in [6, 6.07) is 10.0. The summed E-state index contributed by atoms with van der Waals surface area (Å²) in [5.74, 6) is -0.556.